The largest absolute Gasteiger partial charge is 0.354 e. The summed E-state index contributed by atoms with van der Waals surface area (Å²) in [6.07, 6.45) is 5.83. The molecular weight excluding hydrogens is 288 g/mol. The highest BCUT2D eigenvalue weighted by Crippen LogP contribution is 2.19. The topological polar surface area (TPSA) is 84.8 Å². The van der Waals surface area contributed by atoms with Crippen molar-refractivity contribution in [2.75, 3.05) is 23.4 Å². The third-order valence-corrected chi connectivity index (χ3v) is 5.34. The van der Waals surface area contributed by atoms with Crippen LogP contribution in [0.1, 0.15) is 6.42 Å². The average Bonchev–Trinajstić information content (AvgIpc) is 2.86. The molecule has 7 heteroatoms. The fourth-order valence-corrected chi connectivity index (χ4v) is 4.26. The minimum absolute atomic E-state index is 0.142. The second-order valence-corrected chi connectivity index (χ2v) is 7.38. The van der Waals surface area contributed by atoms with Gasteiger partial charge in [-0.15, -0.1) is 0 Å². The van der Waals surface area contributed by atoms with E-state index < -0.39 is 9.84 Å². The Bertz CT molecular complexity index is 719. The molecule has 0 bridgehead atoms. The molecule has 1 saturated heterocycles. The van der Waals surface area contributed by atoms with E-state index in [-0.39, 0.29) is 17.4 Å². The summed E-state index contributed by atoms with van der Waals surface area (Å²) in [4.78, 5) is 12.6. The number of aromatic nitrogens is 3. The smallest absolute Gasteiger partial charge is 0.223 e. The van der Waals surface area contributed by atoms with Crippen molar-refractivity contribution >= 4 is 15.8 Å². The molecule has 0 aliphatic carbocycles. The molecule has 110 valence electrons. The molecule has 1 N–H and O–H groups in total. The molecule has 0 saturated carbocycles. The van der Waals surface area contributed by atoms with E-state index >= 15 is 0 Å². The predicted octanol–water partition coefficient (Wildman–Crippen LogP) is 1.39. The standard InChI is InChI=1S/C14H16N4O2S/c19-21(20)8-4-11(10-21)9-17-14-16-7-3-13(18-14)12-1-5-15-6-2-12/h1-3,5-7,11H,4,8-10H2,(H,16,17,18)/t11-/m0/s1. The third-order valence-electron chi connectivity index (χ3n) is 3.51. The summed E-state index contributed by atoms with van der Waals surface area (Å²) in [6.45, 7) is 0.582. The maximum absolute atomic E-state index is 11.4. The molecule has 0 unspecified atom stereocenters. The Hall–Kier alpha value is -2.02. The van der Waals surface area contributed by atoms with Crippen LogP contribution >= 0.6 is 0 Å². The van der Waals surface area contributed by atoms with Crippen molar-refractivity contribution in [1.82, 2.24) is 15.0 Å². The number of nitrogens with one attached hydrogen (secondary N) is 1. The van der Waals surface area contributed by atoms with Crippen LogP contribution in [0.5, 0.6) is 0 Å². The van der Waals surface area contributed by atoms with Gasteiger partial charge in [0, 0.05) is 30.7 Å². The van der Waals surface area contributed by atoms with Crippen LogP contribution in [0.15, 0.2) is 36.8 Å². The van der Waals surface area contributed by atoms with Gasteiger partial charge in [0.15, 0.2) is 9.84 Å². The minimum atomic E-state index is -2.84. The molecule has 21 heavy (non-hydrogen) atoms. The number of anilines is 1. The van der Waals surface area contributed by atoms with E-state index in [1.165, 1.54) is 0 Å². The van der Waals surface area contributed by atoms with Gasteiger partial charge in [-0.3, -0.25) is 4.98 Å². The summed E-state index contributed by atoms with van der Waals surface area (Å²) >= 11 is 0. The summed E-state index contributed by atoms with van der Waals surface area (Å²) < 4.78 is 22.9. The monoisotopic (exact) mass is 304 g/mol. The van der Waals surface area contributed by atoms with E-state index in [2.05, 4.69) is 20.3 Å². The Morgan fingerprint density at radius 2 is 2.00 bits per heavy atom. The Morgan fingerprint density at radius 3 is 2.71 bits per heavy atom. The summed E-state index contributed by atoms with van der Waals surface area (Å²) in [7, 11) is -2.84. The zero-order chi connectivity index (χ0) is 14.7. The molecule has 1 fully saturated rings. The fraction of sp³-hybridized carbons (Fsp3) is 0.357. The van der Waals surface area contributed by atoms with E-state index in [9.17, 15) is 8.42 Å². The highest BCUT2D eigenvalue weighted by Gasteiger charge is 2.27. The highest BCUT2D eigenvalue weighted by atomic mass is 32.2. The Balaban J connectivity index is 1.67. The van der Waals surface area contributed by atoms with Gasteiger partial charge in [0.1, 0.15) is 0 Å². The van der Waals surface area contributed by atoms with Gasteiger partial charge in [-0.1, -0.05) is 0 Å². The van der Waals surface area contributed by atoms with E-state index in [4.69, 9.17) is 0 Å². The normalized spacial score (nSPS) is 20.3. The zero-order valence-electron chi connectivity index (χ0n) is 11.4. The molecule has 0 radical (unpaired) electrons. The summed E-state index contributed by atoms with van der Waals surface area (Å²) in [5.74, 6) is 1.21. The number of sulfone groups is 1. The molecule has 1 aliphatic heterocycles. The van der Waals surface area contributed by atoms with Crippen LogP contribution in [0.2, 0.25) is 0 Å². The first kappa shape index (κ1) is 13.9. The van der Waals surface area contributed by atoms with Gasteiger partial charge < -0.3 is 5.32 Å². The Labute approximate surface area is 123 Å². The van der Waals surface area contributed by atoms with Crippen molar-refractivity contribution in [3.05, 3.63) is 36.8 Å². The zero-order valence-corrected chi connectivity index (χ0v) is 12.3. The second kappa shape index (κ2) is 5.77. The molecule has 6 nitrogen and oxygen atoms in total. The lowest BCUT2D eigenvalue weighted by atomic mass is 10.1. The first-order valence-electron chi connectivity index (χ1n) is 6.80. The molecule has 2 aromatic rings. The van der Waals surface area contributed by atoms with Crippen LogP contribution in [-0.4, -0.2) is 41.4 Å². The number of pyridine rings is 1. The molecule has 1 aliphatic rings. The maximum Gasteiger partial charge on any atom is 0.223 e. The summed E-state index contributed by atoms with van der Waals surface area (Å²) in [6, 6.07) is 5.60. The average molecular weight is 304 g/mol. The quantitative estimate of drug-likeness (QED) is 0.918. The lowest BCUT2D eigenvalue weighted by Gasteiger charge is -2.10. The van der Waals surface area contributed by atoms with Crippen LogP contribution < -0.4 is 5.32 Å². The minimum Gasteiger partial charge on any atom is -0.354 e. The van der Waals surface area contributed by atoms with Crippen LogP contribution in [-0.2, 0) is 9.84 Å². The van der Waals surface area contributed by atoms with Crippen molar-refractivity contribution in [2.24, 2.45) is 5.92 Å². The van der Waals surface area contributed by atoms with Crippen molar-refractivity contribution < 1.29 is 8.42 Å². The number of hydrogen-bond acceptors (Lipinski definition) is 6. The van der Waals surface area contributed by atoms with E-state index in [1.54, 1.807) is 18.6 Å². The van der Waals surface area contributed by atoms with Gasteiger partial charge in [-0.05, 0) is 30.5 Å². The lowest BCUT2D eigenvalue weighted by molar-refractivity contribution is 0.595. The molecule has 3 heterocycles. The molecule has 0 spiro atoms. The first-order chi connectivity index (χ1) is 10.1. The molecular formula is C14H16N4O2S. The third kappa shape index (κ3) is 3.55. The molecule has 0 amide bonds. The van der Waals surface area contributed by atoms with E-state index in [0.29, 0.717) is 18.9 Å². The van der Waals surface area contributed by atoms with Crippen molar-refractivity contribution in [1.29, 1.82) is 0 Å². The van der Waals surface area contributed by atoms with Gasteiger partial charge in [-0.2, -0.15) is 0 Å². The lowest BCUT2D eigenvalue weighted by Crippen LogP contribution is -2.17. The second-order valence-electron chi connectivity index (χ2n) is 5.15. The van der Waals surface area contributed by atoms with E-state index in [1.807, 2.05) is 18.2 Å². The van der Waals surface area contributed by atoms with Crippen LogP contribution in [0.3, 0.4) is 0 Å². The van der Waals surface area contributed by atoms with Crippen molar-refractivity contribution in [3.63, 3.8) is 0 Å². The molecule has 2 aromatic heterocycles. The van der Waals surface area contributed by atoms with Gasteiger partial charge >= 0.3 is 0 Å². The summed E-state index contributed by atoms with van der Waals surface area (Å²) in [5.41, 5.74) is 1.79. The first-order valence-corrected chi connectivity index (χ1v) is 8.62. The summed E-state index contributed by atoms with van der Waals surface area (Å²) in [5, 5.41) is 3.13. The molecule has 1 atom stereocenters. The van der Waals surface area contributed by atoms with Crippen molar-refractivity contribution in [2.45, 2.75) is 6.42 Å². The van der Waals surface area contributed by atoms with Crippen LogP contribution in [0, 0.1) is 5.92 Å². The highest BCUT2D eigenvalue weighted by molar-refractivity contribution is 7.91. The maximum atomic E-state index is 11.4. The Kier molecular flexibility index (Phi) is 3.83. The number of hydrogen-bond donors (Lipinski definition) is 1. The van der Waals surface area contributed by atoms with Crippen LogP contribution in [0.25, 0.3) is 11.3 Å². The predicted molar refractivity (Wildman–Crippen MR) is 80.5 cm³/mol. The van der Waals surface area contributed by atoms with Gasteiger partial charge in [0.2, 0.25) is 5.95 Å². The molecule has 0 aromatic carbocycles. The Morgan fingerprint density at radius 1 is 1.19 bits per heavy atom. The van der Waals surface area contributed by atoms with E-state index in [0.717, 1.165) is 11.3 Å². The van der Waals surface area contributed by atoms with Gasteiger partial charge in [0.25, 0.3) is 0 Å². The number of rotatable bonds is 4. The SMILES string of the molecule is O=S1(=O)CC[C@@H](CNc2nccc(-c3ccncc3)n2)C1. The van der Waals surface area contributed by atoms with Crippen molar-refractivity contribution in [3.8, 4) is 11.3 Å². The fourth-order valence-electron chi connectivity index (χ4n) is 2.40. The number of nitrogens with zero attached hydrogens (tertiary/aromatic N) is 3. The van der Waals surface area contributed by atoms with Gasteiger partial charge in [-0.25, -0.2) is 18.4 Å². The van der Waals surface area contributed by atoms with Crippen LogP contribution in [0.4, 0.5) is 5.95 Å². The van der Waals surface area contributed by atoms with Gasteiger partial charge in [0.05, 0.1) is 17.2 Å². The molecule has 3 rings (SSSR count).